The lowest BCUT2D eigenvalue weighted by Crippen LogP contribution is -2.86. The van der Waals surface area contributed by atoms with E-state index in [9.17, 15) is 18.4 Å². The first-order valence-electron chi connectivity index (χ1n) is 13.5. The van der Waals surface area contributed by atoms with Crippen LogP contribution in [0.2, 0.25) is 0 Å². The topological polar surface area (TPSA) is 172 Å². The normalized spacial score (nSPS) is 18.7. The molecule has 0 aromatic carbocycles. The van der Waals surface area contributed by atoms with Crippen molar-refractivity contribution >= 4 is 29.7 Å². The summed E-state index contributed by atoms with van der Waals surface area (Å²) in [7, 11) is 0. The predicted octanol–water partition coefficient (Wildman–Crippen LogP) is -1.58. The Hall–Kier alpha value is -3.79. The highest BCUT2D eigenvalue weighted by Crippen LogP contribution is 2.30. The summed E-state index contributed by atoms with van der Waals surface area (Å²) in [6, 6.07) is 0. The van der Waals surface area contributed by atoms with Gasteiger partial charge in [0.2, 0.25) is 29.7 Å². The first-order chi connectivity index (χ1) is 19.4. The molecule has 3 aliphatic rings. The second-order valence-corrected chi connectivity index (χ2v) is 9.91. The predicted molar refractivity (Wildman–Crippen MR) is 139 cm³/mol. The molecule has 0 bridgehead atoms. The van der Waals surface area contributed by atoms with Crippen LogP contribution in [0, 0.1) is 5.92 Å². The van der Waals surface area contributed by atoms with Crippen molar-refractivity contribution < 1.29 is 28.4 Å². The Labute approximate surface area is 229 Å². The van der Waals surface area contributed by atoms with E-state index < -0.39 is 12.1 Å². The summed E-state index contributed by atoms with van der Waals surface area (Å²) in [6.45, 7) is 5.50. The molecule has 2 amide bonds. The van der Waals surface area contributed by atoms with Crippen molar-refractivity contribution in [3.63, 3.8) is 0 Å². The summed E-state index contributed by atoms with van der Waals surface area (Å²) in [5.41, 5.74) is 4.98. The van der Waals surface area contributed by atoms with Crippen LogP contribution in [0.1, 0.15) is 25.0 Å². The number of alkyl halides is 2. The summed E-state index contributed by atoms with van der Waals surface area (Å²) in [5.74, 6) is 0.133. The Morgan fingerprint density at radius 2 is 1.65 bits per heavy atom. The van der Waals surface area contributed by atoms with Crippen molar-refractivity contribution in [1.82, 2.24) is 35.1 Å². The van der Waals surface area contributed by atoms with E-state index in [1.807, 2.05) is 9.80 Å². The van der Waals surface area contributed by atoms with Gasteiger partial charge in [-0.1, -0.05) is 0 Å². The fourth-order valence-electron chi connectivity index (χ4n) is 5.03. The number of rotatable bonds is 7. The quantitative estimate of drug-likeness (QED) is 0.356. The fourth-order valence-corrected chi connectivity index (χ4v) is 5.03. The number of nitrogen functional groups attached to an aromatic ring is 1. The fraction of sp³-hybridized carbons (Fsp3) is 0.625. The van der Waals surface area contributed by atoms with Crippen molar-refractivity contribution in [3.05, 3.63) is 11.9 Å². The Morgan fingerprint density at radius 3 is 2.30 bits per heavy atom. The van der Waals surface area contributed by atoms with Crippen molar-refractivity contribution in [2.75, 3.05) is 87.7 Å². The molecule has 2 aromatic rings. The monoisotopic (exact) mass is 562 g/mol. The minimum atomic E-state index is -2.90. The van der Waals surface area contributed by atoms with Gasteiger partial charge in [0.1, 0.15) is 5.69 Å². The lowest BCUT2D eigenvalue weighted by molar-refractivity contribution is -0.664. The van der Waals surface area contributed by atoms with Crippen LogP contribution in [0.15, 0.2) is 6.20 Å². The van der Waals surface area contributed by atoms with Crippen LogP contribution >= 0.6 is 0 Å². The lowest BCUT2D eigenvalue weighted by Gasteiger charge is -2.35. The number of nitrogens with two attached hydrogens (primary N) is 2. The molecule has 216 valence electrons. The number of amides is 2. The van der Waals surface area contributed by atoms with Gasteiger partial charge in [0, 0.05) is 64.2 Å². The van der Waals surface area contributed by atoms with Crippen LogP contribution in [-0.4, -0.2) is 114 Å². The van der Waals surface area contributed by atoms with Crippen LogP contribution in [0.5, 0.6) is 0 Å². The number of carbonyl (C=O) groups excluding carboxylic acids is 2. The van der Waals surface area contributed by atoms with Crippen LogP contribution in [0.4, 0.5) is 26.6 Å². The van der Waals surface area contributed by atoms with E-state index >= 15 is 0 Å². The van der Waals surface area contributed by atoms with Crippen molar-refractivity contribution in [1.29, 1.82) is 0 Å². The van der Waals surface area contributed by atoms with Crippen LogP contribution in [-0.2, 0) is 14.3 Å². The third kappa shape index (κ3) is 6.50. The van der Waals surface area contributed by atoms with Gasteiger partial charge in [-0.15, -0.1) is 0 Å². The lowest BCUT2D eigenvalue weighted by atomic mass is 9.97. The number of nitrogens with one attached hydrogen (secondary N) is 1. The molecule has 5 heterocycles. The van der Waals surface area contributed by atoms with Crippen molar-refractivity contribution in [2.24, 2.45) is 5.92 Å². The van der Waals surface area contributed by atoms with Gasteiger partial charge in [-0.25, -0.2) is 18.7 Å². The number of hydrogen-bond donors (Lipinski definition) is 3. The van der Waals surface area contributed by atoms with Gasteiger partial charge in [0.15, 0.2) is 5.82 Å². The maximum absolute atomic E-state index is 13.8. The Balaban J connectivity index is 1.29. The van der Waals surface area contributed by atoms with Crippen LogP contribution in [0.3, 0.4) is 0 Å². The van der Waals surface area contributed by atoms with Gasteiger partial charge in [0.25, 0.3) is 6.43 Å². The number of anilines is 3. The molecule has 16 heteroatoms. The molecule has 0 aliphatic carbocycles. The number of morpholine rings is 1. The second-order valence-electron chi connectivity index (χ2n) is 9.91. The van der Waals surface area contributed by atoms with Crippen LogP contribution in [0.25, 0.3) is 11.4 Å². The molecule has 5 N–H and O–H groups in total. The molecule has 14 nitrogen and oxygen atoms in total. The summed E-state index contributed by atoms with van der Waals surface area (Å²) < 4.78 is 33.1. The molecule has 3 saturated heterocycles. The van der Waals surface area contributed by atoms with Gasteiger partial charge in [-0.2, -0.15) is 15.0 Å². The molecule has 0 radical (unpaired) electrons. The van der Waals surface area contributed by atoms with E-state index in [4.69, 9.17) is 10.5 Å². The zero-order chi connectivity index (χ0) is 28.1. The minimum absolute atomic E-state index is 0.0170. The van der Waals surface area contributed by atoms with Gasteiger partial charge in [0.05, 0.1) is 38.4 Å². The third-order valence-electron chi connectivity index (χ3n) is 7.33. The zero-order valence-electron chi connectivity index (χ0n) is 22.1. The molecule has 0 unspecified atom stereocenters. The molecular weight excluding hydrogens is 528 g/mol. The van der Waals surface area contributed by atoms with Gasteiger partial charge >= 0.3 is 0 Å². The average molecular weight is 563 g/mol. The number of piperidine rings is 1. The third-order valence-corrected chi connectivity index (χ3v) is 7.33. The molecular formula is C24H34F2N11O3+. The number of halogens is 2. The average Bonchev–Trinajstić information content (AvgIpc) is 3.00. The summed E-state index contributed by atoms with van der Waals surface area (Å²) >= 11 is 0. The molecule has 3 aliphatic heterocycles. The standard InChI is InChI=1S/C24H33F2N11O3/c25-19(26)18-16(13-30-22(27)31-18)20-32-23(34-24(33-20)37-9-11-40-12-10-37)36-7-5-35(6-8-36)17(38)14-29-21(39)15-1-3-28-4-2-15/h13,15,19,28H,1-12,14H2,(H,29,39)(H2,27,30,31)/p+1. The smallest absolute Gasteiger partial charge is 0.281 e. The molecule has 3 fully saturated rings. The number of aromatic nitrogens is 5. The second kappa shape index (κ2) is 12.6. The molecule has 0 atom stereocenters. The van der Waals surface area contributed by atoms with Crippen LogP contribution < -0.4 is 26.2 Å². The highest BCUT2D eigenvalue weighted by atomic mass is 19.3. The van der Waals surface area contributed by atoms with E-state index in [0.717, 1.165) is 25.9 Å². The number of quaternary nitrogens is 1. The van der Waals surface area contributed by atoms with Crippen molar-refractivity contribution in [2.45, 2.75) is 19.3 Å². The number of hydrogen-bond acceptors (Lipinski definition) is 11. The number of carbonyl (C=O) groups is 2. The minimum Gasteiger partial charge on any atom is -0.378 e. The van der Waals surface area contributed by atoms with Gasteiger partial charge < -0.3 is 35.8 Å². The maximum atomic E-state index is 13.8. The van der Waals surface area contributed by atoms with Gasteiger partial charge in [-0.3, -0.25) is 9.59 Å². The van der Waals surface area contributed by atoms with E-state index in [1.54, 1.807) is 4.90 Å². The first-order valence-corrected chi connectivity index (χ1v) is 13.5. The number of piperazine rings is 1. The van der Waals surface area contributed by atoms with E-state index in [2.05, 4.69) is 35.6 Å². The number of nitrogens with zero attached hydrogens (tertiary/aromatic N) is 8. The van der Waals surface area contributed by atoms with Gasteiger partial charge in [-0.05, 0) is 0 Å². The summed E-state index contributed by atoms with van der Waals surface area (Å²) in [5, 5.41) is 4.98. The Kier molecular flexibility index (Phi) is 8.74. The summed E-state index contributed by atoms with van der Waals surface area (Å²) in [4.78, 5) is 51.9. The SMILES string of the molecule is Nc1ncc(-c2nc(N3CCOCC3)nc(N3CCN(C(=O)CNC(=O)C4CC[NH2+]CC4)CC3)n2)c(C(F)F)n1. The number of ether oxygens (including phenoxy) is 1. The maximum Gasteiger partial charge on any atom is 0.281 e. The molecule has 2 aromatic heterocycles. The molecule has 5 rings (SSSR count). The first kappa shape index (κ1) is 27.8. The Morgan fingerprint density at radius 1 is 1.00 bits per heavy atom. The van der Waals surface area contributed by atoms with E-state index in [-0.39, 0.29) is 41.6 Å². The summed E-state index contributed by atoms with van der Waals surface area (Å²) in [6.07, 6.45) is -0.0673. The van der Waals surface area contributed by atoms with E-state index in [1.165, 1.54) is 6.20 Å². The molecule has 0 saturated carbocycles. The van der Waals surface area contributed by atoms with E-state index in [0.29, 0.717) is 64.4 Å². The van der Waals surface area contributed by atoms with Crippen molar-refractivity contribution in [3.8, 4) is 11.4 Å². The Bertz CT molecular complexity index is 1200. The molecule has 40 heavy (non-hydrogen) atoms. The molecule has 0 spiro atoms. The zero-order valence-corrected chi connectivity index (χ0v) is 22.1. The largest absolute Gasteiger partial charge is 0.378 e. The highest BCUT2D eigenvalue weighted by Gasteiger charge is 2.28. The highest BCUT2D eigenvalue weighted by molar-refractivity contribution is 5.86.